The average molecular weight is 382 g/mol. The number of benzene rings is 2. The van der Waals surface area contributed by atoms with Crippen molar-refractivity contribution in [3.05, 3.63) is 59.7 Å². The molecule has 6 heteroatoms. The van der Waals surface area contributed by atoms with Gasteiger partial charge in [-0.1, -0.05) is 24.3 Å². The topological polar surface area (TPSA) is 74.0 Å². The van der Waals surface area contributed by atoms with Crippen molar-refractivity contribution in [2.24, 2.45) is 5.73 Å². The van der Waals surface area contributed by atoms with E-state index in [2.05, 4.69) is 4.90 Å². The van der Waals surface area contributed by atoms with Gasteiger partial charge in [0.05, 0.1) is 11.6 Å². The van der Waals surface area contributed by atoms with E-state index in [9.17, 15) is 4.79 Å². The fourth-order valence-electron chi connectivity index (χ4n) is 3.76. The monoisotopic (exact) mass is 382 g/mol. The molecule has 0 aromatic heterocycles. The Kier molecular flexibility index (Phi) is 5.78. The summed E-state index contributed by atoms with van der Waals surface area (Å²) in [6.07, 6.45) is 1.81. The maximum absolute atomic E-state index is 12.7. The molecule has 0 radical (unpaired) electrons. The Morgan fingerprint density at radius 3 is 2.50 bits per heavy atom. The van der Waals surface area contributed by atoms with Gasteiger partial charge in [0.25, 0.3) is 0 Å². The van der Waals surface area contributed by atoms with Gasteiger partial charge in [0.15, 0.2) is 11.5 Å². The van der Waals surface area contributed by atoms with Crippen molar-refractivity contribution in [3.63, 3.8) is 0 Å². The number of nitrogens with two attached hydrogens (primary N) is 1. The van der Waals surface area contributed by atoms with Crippen molar-refractivity contribution in [1.82, 2.24) is 4.90 Å². The van der Waals surface area contributed by atoms with Crippen molar-refractivity contribution >= 4 is 5.97 Å². The van der Waals surface area contributed by atoms with Crippen LogP contribution in [0.15, 0.2) is 48.5 Å². The molecule has 6 nitrogen and oxygen atoms in total. The lowest BCUT2D eigenvalue weighted by atomic mass is 10.0. The number of nitrogens with zero attached hydrogens (tertiary/aromatic N) is 1. The van der Waals surface area contributed by atoms with E-state index < -0.39 is 6.10 Å². The first-order valence-corrected chi connectivity index (χ1v) is 9.84. The van der Waals surface area contributed by atoms with Gasteiger partial charge in [0, 0.05) is 6.54 Å². The second kappa shape index (κ2) is 8.63. The summed E-state index contributed by atoms with van der Waals surface area (Å²) in [5, 5.41) is 0. The summed E-state index contributed by atoms with van der Waals surface area (Å²) in [4.78, 5) is 15.0. The molecule has 0 unspecified atom stereocenters. The Labute approximate surface area is 165 Å². The third-order valence-corrected chi connectivity index (χ3v) is 5.19. The second-order valence-electron chi connectivity index (χ2n) is 7.27. The van der Waals surface area contributed by atoms with Gasteiger partial charge in [0.1, 0.15) is 19.3 Å². The summed E-state index contributed by atoms with van der Waals surface area (Å²) >= 11 is 0. The molecule has 0 bridgehead atoms. The summed E-state index contributed by atoms with van der Waals surface area (Å²) in [7, 11) is 0. The van der Waals surface area contributed by atoms with Crippen molar-refractivity contribution < 1.29 is 19.0 Å². The van der Waals surface area contributed by atoms with E-state index in [1.807, 2.05) is 36.4 Å². The van der Waals surface area contributed by atoms with E-state index in [1.165, 1.54) is 12.8 Å². The molecule has 0 spiro atoms. The molecule has 2 aliphatic heterocycles. The Bertz CT molecular complexity index is 805. The van der Waals surface area contributed by atoms with Crippen LogP contribution >= 0.6 is 0 Å². The fraction of sp³-hybridized carbons (Fsp3) is 0.409. The number of ether oxygens (including phenoxy) is 3. The number of likely N-dealkylation sites (tertiary alicyclic amines) is 1. The summed E-state index contributed by atoms with van der Waals surface area (Å²) in [5.41, 5.74) is 7.87. The highest BCUT2D eigenvalue weighted by atomic mass is 16.6. The van der Waals surface area contributed by atoms with Crippen LogP contribution in [-0.2, 0) is 4.74 Å². The minimum Gasteiger partial charge on any atom is -0.486 e. The molecule has 0 amide bonds. The van der Waals surface area contributed by atoms with Gasteiger partial charge in [0.2, 0.25) is 0 Å². The zero-order valence-electron chi connectivity index (χ0n) is 15.9. The molecule has 0 saturated carbocycles. The molecule has 4 rings (SSSR count). The van der Waals surface area contributed by atoms with Gasteiger partial charge in [-0.15, -0.1) is 0 Å². The van der Waals surface area contributed by atoms with Gasteiger partial charge >= 0.3 is 5.97 Å². The van der Waals surface area contributed by atoms with Gasteiger partial charge in [-0.25, -0.2) is 4.79 Å². The highest BCUT2D eigenvalue weighted by Crippen LogP contribution is 2.34. The van der Waals surface area contributed by atoms with Crippen LogP contribution in [0.5, 0.6) is 11.5 Å². The smallest absolute Gasteiger partial charge is 0.338 e. The number of esters is 1. The predicted molar refractivity (Wildman–Crippen MR) is 106 cm³/mol. The van der Waals surface area contributed by atoms with Crippen LogP contribution < -0.4 is 15.2 Å². The SMILES string of the molecule is N[C@H](CN1CCCC1)[C@H](OC(=O)c1ccccc1)c1ccc2c(c1)OCCO2. The van der Waals surface area contributed by atoms with E-state index in [0.717, 1.165) is 18.7 Å². The lowest BCUT2D eigenvalue weighted by molar-refractivity contribution is 0.0201. The van der Waals surface area contributed by atoms with Crippen LogP contribution in [0, 0.1) is 0 Å². The predicted octanol–water partition coefficient (Wildman–Crippen LogP) is 2.78. The van der Waals surface area contributed by atoms with Crippen LogP contribution in [0.1, 0.15) is 34.9 Å². The summed E-state index contributed by atoms with van der Waals surface area (Å²) in [6, 6.07) is 14.3. The number of hydrogen-bond donors (Lipinski definition) is 1. The third kappa shape index (κ3) is 4.29. The van der Waals surface area contributed by atoms with Crippen LogP contribution in [-0.4, -0.2) is 49.8 Å². The van der Waals surface area contributed by atoms with E-state index in [0.29, 0.717) is 36.8 Å². The molecule has 2 aliphatic rings. The van der Waals surface area contributed by atoms with Crippen LogP contribution in [0.4, 0.5) is 0 Å². The Morgan fingerprint density at radius 1 is 1.04 bits per heavy atom. The summed E-state index contributed by atoms with van der Waals surface area (Å²) in [6.45, 7) is 3.79. The van der Waals surface area contributed by atoms with Gasteiger partial charge in [-0.2, -0.15) is 0 Å². The van der Waals surface area contributed by atoms with Gasteiger partial charge in [-0.05, 0) is 55.8 Å². The number of carbonyl (C=O) groups is 1. The summed E-state index contributed by atoms with van der Waals surface area (Å²) < 4.78 is 17.2. The summed E-state index contributed by atoms with van der Waals surface area (Å²) in [5.74, 6) is 0.992. The molecule has 2 heterocycles. The first-order chi connectivity index (χ1) is 13.7. The molecule has 28 heavy (non-hydrogen) atoms. The van der Waals surface area contributed by atoms with Gasteiger partial charge < -0.3 is 24.8 Å². The first-order valence-electron chi connectivity index (χ1n) is 9.84. The Hall–Kier alpha value is -2.57. The average Bonchev–Trinajstić information content (AvgIpc) is 3.25. The van der Waals surface area contributed by atoms with E-state index >= 15 is 0 Å². The van der Waals surface area contributed by atoms with Crippen LogP contribution in [0.3, 0.4) is 0 Å². The molecule has 2 atom stereocenters. The highest BCUT2D eigenvalue weighted by Gasteiger charge is 2.29. The lowest BCUT2D eigenvalue weighted by Crippen LogP contribution is -2.41. The first kappa shape index (κ1) is 18.8. The normalized spacial score (nSPS) is 18.5. The molecular weight excluding hydrogens is 356 g/mol. The standard InChI is InChI=1S/C22H26N2O4/c23-18(15-24-10-4-5-11-24)21(28-22(25)16-6-2-1-3-7-16)17-8-9-19-20(14-17)27-13-12-26-19/h1-3,6-9,14,18,21H,4-5,10-13,15,23H2/t18-,21-/m1/s1. The zero-order valence-corrected chi connectivity index (χ0v) is 15.9. The number of fused-ring (bicyclic) bond motifs is 1. The lowest BCUT2D eigenvalue weighted by Gasteiger charge is -2.29. The zero-order chi connectivity index (χ0) is 19.3. The maximum atomic E-state index is 12.7. The molecule has 1 saturated heterocycles. The molecular formula is C22H26N2O4. The maximum Gasteiger partial charge on any atom is 0.338 e. The van der Waals surface area contributed by atoms with Crippen molar-refractivity contribution in [1.29, 1.82) is 0 Å². The molecule has 1 fully saturated rings. The molecule has 2 aromatic carbocycles. The molecule has 148 valence electrons. The molecule has 2 aromatic rings. The third-order valence-electron chi connectivity index (χ3n) is 5.19. The van der Waals surface area contributed by atoms with Crippen molar-refractivity contribution in [2.45, 2.75) is 25.0 Å². The largest absolute Gasteiger partial charge is 0.486 e. The van der Waals surface area contributed by atoms with Gasteiger partial charge in [-0.3, -0.25) is 0 Å². The van der Waals surface area contributed by atoms with Crippen molar-refractivity contribution in [2.75, 3.05) is 32.8 Å². The number of hydrogen-bond acceptors (Lipinski definition) is 6. The Balaban J connectivity index is 1.57. The number of rotatable bonds is 6. The highest BCUT2D eigenvalue weighted by molar-refractivity contribution is 5.89. The molecule has 0 aliphatic carbocycles. The fourth-order valence-corrected chi connectivity index (χ4v) is 3.76. The van der Waals surface area contributed by atoms with E-state index in [4.69, 9.17) is 19.9 Å². The van der Waals surface area contributed by atoms with Crippen LogP contribution in [0.2, 0.25) is 0 Å². The van der Waals surface area contributed by atoms with Crippen LogP contribution in [0.25, 0.3) is 0 Å². The molecule has 2 N–H and O–H groups in total. The van der Waals surface area contributed by atoms with E-state index in [1.54, 1.807) is 12.1 Å². The Morgan fingerprint density at radius 2 is 1.75 bits per heavy atom. The van der Waals surface area contributed by atoms with E-state index in [-0.39, 0.29) is 12.0 Å². The second-order valence-corrected chi connectivity index (χ2v) is 7.27. The van der Waals surface area contributed by atoms with Crippen molar-refractivity contribution in [3.8, 4) is 11.5 Å². The minimum absolute atomic E-state index is 0.340. The minimum atomic E-state index is -0.566. The number of carbonyl (C=O) groups excluding carboxylic acids is 1. The quantitative estimate of drug-likeness (QED) is 0.775.